The van der Waals surface area contributed by atoms with E-state index in [1.165, 1.54) is 34.5 Å². The van der Waals surface area contributed by atoms with Gasteiger partial charge in [-0.1, -0.05) is 41.6 Å². The molecule has 0 radical (unpaired) electrons. The Kier molecular flexibility index (Phi) is 5.55. The lowest BCUT2D eigenvalue weighted by Crippen LogP contribution is -2.07. The van der Waals surface area contributed by atoms with E-state index in [-0.39, 0.29) is 11.4 Å². The summed E-state index contributed by atoms with van der Waals surface area (Å²) in [6.07, 6.45) is 0. The number of halogens is 2. The SMILES string of the molecule is Cc1ccc(OCCSc2nc(-c3cccc(F)c3)nc3cc(=O)[nH]n23)cc1Cl. The van der Waals surface area contributed by atoms with E-state index in [0.29, 0.717) is 45.3 Å². The third-order valence-corrected chi connectivity index (χ3v) is 5.44. The first-order valence-corrected chi connectivity index (χ1v) is 10.1. The normalized spacial score (nSPS) is 11.1. The fraction of sp³-hybridized carbons (Fsp3) is 0.150. The van der Waals surface area contributed by atoms with E-state index in [1.54, 1.807) is 18.2 Å². The molecule has 0 saturated carbocycles. The number of ether oxygens (including phenoxy) is 1. The summed E-state index contributed by atoms with van der Waals surface area (Å²) in [4.78, 5) is 20.6. The van der Waals surface area contributed by atoms with Crippen molar-refractivity contribution in [1.29, 1.82) is 0 Å². The fourth-order valence-corrected chi connectivity index (χ4v) is 3.63. The van der Waals surface area contributed by atoms with Crippen molar-refractivity contribution in [3.63, 3.8) is 0 Å². The Morgan fingerprint density at radius 1 is 1.21 bits per heavy atom. The Morgan fingerprint density at radius 3 is 2.86 bits per heavy atom. The second-order valence-electron chi connectivity index (χ2n) is 6.26. The number of nitrogens with one attached hydrogen (secondary N) is 1. The molecule has 0 amide bonds. The number of nitrogens with zero attached hydrogens (tertiary/aromatic N) is 3. The summed E-state index contributed by atoms with van der Waals surface area (Å²) >= 11 is 7.50. The maximum absolute atomic E-state index is 13.6. The molecule has 0 aliphatic rings. The van der Waals surface area contributed by atoms with Crippen LogP contribution in [0.1, 0.15) is 5.56 Å². The van der Waals surface area contributed by atoms with Crippen molar-refractivity contribution in [2.45, 2.75) is 12.1 Å². The highest BCUT2D eigenvalue weighted by Gasteiger charge is 2.12. The zero-order chi connectivity index (χ0) is 20.4. The second kappa shape index (κ2) is 8.26. The number of aromatic nitrogens is 4. The molecule has 0 atom stereocenters. The van der Waals surface area contributed by atoms with E-state index in [1.807, 2.05) is 19.1 Å². The van der Waals surface area contributed by atoms with Crippen LogP contribution in [0.3, 0.4) is 0 Å². The molecule has 2 heterocycles. The van der Waals surface area contributed by atoms with E-state index >= 15 is 0 Å². The standard InChI is InChI=1S/C20H16ClFN4O2S/c1-12-5-6-15(10-16(12)21)28-7-8-29-20-24-19(13-3-2-4-14(22)9-13)23-17-11-18(27)25-26(17)20/h2-6,9-11H,7-8H2,1H3,(H,25,27). The van der Waals surface area contributed by atoms with Gasteiger partial charge < -0.3 is 4.74 Å². The number of fused-ring (bicyclic) bond motifs is 1. The number of thioether (sulfide) groups is 1. The van der Waals surface area contributed by atoms with Crippen molar-refractivity contribution in [2.24, 2.45) is 0 Å². The lowest BCUT2D eigenvalue weighted by molar-refractivity contribution is 0.344. The van der Waals surface area contributed by atoms with Crippen LogP contribution in [-0.4, -0.2) is 31.9 Å². The van der Waals surface area contributed by atoms with Crippen LogP contribution < -0.4 is 10.3 Å². The van der Waals surface area contributed by atoms with Crippen LogP contribution in [0.15, 0.2) is 58.5 Å². The van der Waals surface area contributed by atoms with Gasteiger partial charge in [0.25, 0.3) is 5.56 Å². The van der Waals surface area contributed by atoms with Gasteiger partial charge in [-0.3, -0.25) is 9.89 Å². The third-order valence-electron chi connectivity index (χ3n) is 4.13. The van der Waals surface area contributed by atoms with Gasteiger partial charge in [0.1, 0.15) is 11.6 Å². The van der Waals surface area contributed by atoms with E-state index in [0.717, 1.165) is 5.56 Å². The van der Waals surface area contributed by atoms with Gasteiger partial charge in [-0.15, -0.1) is 0 Å². The van der Waals surface area contributed by atoms with Crippen LogP contribution in [0, 0.1) is 12.7 Å². The van der Waals surface area contributed by atoms with Crippen LogP contribution >= 0.6 is 23.4 Å². The van der Waals surface area contributed by atoms with Crippen LogP contribution in [0.5, 0.6) is 5.75 Å². The number of rotatable bonds is 6. The minimum absolute atomic E-state index is 0.289. The number of aryl methyl sites for hydroxylation is 1. The quantitative estimate of drug-likeness (QED) is 0.363. The number of hydrogen-bond donors (Lipinski definition) is 1. The Hall–Kier alpha value is -2.84. The molecule has 2 aromatic carbocycles. The Balaban J connectivity index is 1.54. The molecule has 0 spiro atoms. The molecular weight excluding hydrogens is 415 g/mol. The van der Waals surface area contributed by atoms with Gasteiger partial charge in [0.2, 0.25) is 0 Å². The monoisotopic (exact) mass is 430 g/mol. The molecule has 6 nitrogen and oxygen atoms in total. The first-order chi connectivity index (χ1) is 14.0. The summed E-state index contributed by atoms with van der Waals surface area (Å²) in [5, 5.41) is 3.85. The molecule has 0 aliphatic carbocycles. The van der Waals surface area contributed by atoms with Crippen LogP contribution in [0.4, 0.5) is 4.39 Å². The van der Waals surface area contributed by atoms with E-state index in [4.69, 9.17) is 16.3 Å². The Bertz CT molecular complexity index is 1240. The van der Waals surface area contributed by atoms with Crippen LogP contribution in [-0.2, 0) is 0 Å². The zero-order valence-corrected chi connectivity index (χ0v) is 16.9. The summed E-state index contributed by atoms with van der Waals surface area (Å²) in [7, 11) is 0. The van der Waals surface area contributed by atoms with Gasteiger partial charge in [-0.05, 0) is 36.8 Å². The van der Waals surface area contributed by atoms with Crippen LogP contribution in [0.2, 0.25) is 5.02 Å². The number of aromatic amines is 1. The second-order valence-corrected chi connectivity index (χ2v) is 7.73. The lowest BCUT2D eigenvalue weighted by Gasteiger charge is -2.09. The predicted molar refractivity (Wildman–Crippen MR) is 111 cm³/mol. The highest BCUT2D eigenvalue weighted by molar-refractivity contribution is 7.99. The predicted octanol–water partition coefficient (Wildman–Crippen LogP) is 4.36. The summed E-state index contributed by atoms with van der Waals surface area (Å²) < 4.78 is 20.8. The maximum Gasteiger partial charge on any atom is 0.266 e. The Labute approximate surface area is 174 Å². The van der Waals surface area contributed by atoms with Gasteiger partial charge in [-0.25, -0.2) is 18.9 Å². The molecule has 0 unspecified atom stereocenters. The molecular formula is C20H16ClFN4O2S. The minimum Gasteiger partial charge on any atom is -0.493 e. The van der Waals surface area contributed by atoms with Gasteiger partial charge in [-0.2, -0.15) is 0 Å². The van der Waals surface area contributed by atoms with E-state index in [2.05, 4.69) is 15.1 Å². The van der Waals surface area contributed by atoms with Gasteiger partial charge in [0, 0.05) is 22.4 Å². The molecule has 1 N–H and O–H groups in total. The third kappa shape index (κ3) is 4.44. The van der Waals surface area contributed by atoms with Crippen molar-refractivity contribution < 1.29 is 9.13 Å². The fourth-order valence-electron chi connectivity index (χ4n) is 2.69. The number of benzene rings is 2. The summed E-state index contributed by atoms with van der Waals surface area (Å²) in [6, 6.07) is 12.9. The Morgan fingerprint density at radius 2 is 2.07 bits per heavy atom. The van der Waals surface area contributed by atoms with Crippen molar-refractivity contribution in [3.05, 3.63) is 75.3 Å². The van der Waals surface area contributed by atoms with Gasteiger partial charge in [0.15, 0.2) is 16.6 Å². The summed E-state index contributed by atoms with van der Waals surface area (Å²) in [5.74, 6) is 1.22. The molecule has 0 saturated heterocycles. The van der Waals surface area contributed by atoms with E-state index < -0.39 is 0 Å². The van der Waals surface area contributed by atoms with Crippen LogP contribution in [0.25, 0.3) is 17.0 Å². The van der Waals surface area contributed by atoms with Crippen molar-refractivity contribution in [1.82, 2.24) is 19.6 Å². The molecule has 0 fully saturated rings. The molecule has 9 heteroatoms. The van der Waals surface area contributed by atoms with Crippen molar-refractivity contribution >= 4 is 29.0 Å². The van der Waals surface area contributed by atoms with Crippen molar-refractivity contribution in [2.75, 3.05) is 12.4 Å². The average Bonchev–Trinajstić information content (AvgIpc) is 3.08. The number of hydrogen-bond acceptors (Lipinski definition) is 5. The highest BCUT2D eigenvalue weighted by Crippen LogP contribution is 2.24. The van der Waals surface area contributed by atoms with Gasteiger partial charge >= 0.3 is 0 Å². The highest BCUT2D eigenvalue weighted by atomic mass is 35.5. The summed E-state index contributed by atoms with van der Waals surface area (Å²) in [5.41, 5.74) is 1.65. The molecule has 148 valence electrons. The smallest absolute Gasteiger partial charge is 0.266 e. The van der Waals surface area contributed by atoms with Gasteiger partial charge in [0.05, 0.1) is 6.61 Å². The van der Waals surface area contributed by atoms with E-state index in [9.17, 15) is 9.18 Å². The molecule has 4 rings (SSSR count). The molecule has 0 aliphatic heterocycles. The topological polar surface area (TPSA) is 72.3 Å². The first-order valence-electron chi connectivity index (χ1n) is 8.77. The maximum atomic E-state index is 13.6. The molecule has 0 bridgehead atoms. The summed E-state index contributed by atoms with van der Waals surface area (Å²) in [6.45, 7) is 2.34. The lowest BCUT2D eigenvalue weighted by atomic mass is 10.2. The molecule has 2 aromatic heterocycles. The zero-order valence-electron chi connectivity index (χ0n) is 15.4. The molecule has 29 heavy (non-hydrogen) atoms. The minimum atomic E-state index is -0.378. The largest absolute Gasteiger partial charge is 0.493 e. The first kappa shape index (κ1) is 19.5. The molecule has 4 aromatic rings. The number of H-pyrrole nitrogens is 1. The van der Waals surface area contributed by atoms with Crippen molar-refractivity contribution in [3.8, 4) is 17.1 Å². The average molecular weight is 431 g/mol.